The fourth-order valence-electron chi connectivity index (χ4n) is 2.45. The predicted octanol–water partition coefficient (Wildman–Crippen LogP) is 1.48. The van der Waals surface area contributed by atoms with Gasteiger partial charge in [-0.25, -0.2) is 0 Å². The lowest BCUT2D eigenvalue weighted by Gasteiger charge is -2.23. The van der Waals surface area contributed by atoms with E-state index in [1.54, 1.807) is 0 Å². The maximum atomic E-state index is 4.33. The summed E-state index contributed by atoms with van der Waals surface area (Å²) < 4.78 is 2.00. The summed E-state index contributed by atoms with van der Waals surface area (Å²) in [5, 5.41) is 7.89. The molecule has 1 aromatic rings. The average Bonchev–Trinajstić information content (AvgIpc) is 2.99. The molecule has 0 radical (unpaired) electrons. The summed E-state index contributed by atoms with van der Waals surface area (Å²) in [5.74, 6) is 0. The minimum Gasteiger partial charge on any atom is -0.313 e. The van der Waals surface area contributed by atoms with Gasteiger partial charge in [0.2, 0.25) is 0 Å². The molecule has 1 aromatic heterocycles. The van der Waals surface area contributed by atoms with Gasteiger partial charge in [0.1, 0.15) is 0 Å². The Labute approximate surface area is 104 Å². The molecule has 1 aliphatic rings. The number of nitrogens with zero attached hydrogens (tertiary/aromatic N) is 3. The summed E-state index contributed by atoms with van der Waals surface area (Å²) in [6.45, 7) is 9.79. The molecule has 1 N–H and O–H groups in total. The Hall–Kier alpha value is -0.870. The van der Waals surface area contributed by atoms with E-state index < -0.39 is 0 Å². The van der Waals surface area contributed by atoms with Crippen LogP contribution in [0.5, 0.6) is 0 Å². The molecule has 1 unspecified atom stereocenters. The zero-order chi connectivity index (χ0) is 12.1. The van der Waals surface area contributed by atoms with Crippen LogP contribution in [0.15, 0.2) is 12.4 Å². The van der Waals surface area contributed by atoms with Crippen LogP contribution in [0.1, 0.15) is 32.3 Å². The van der Waals surface area contributed by atoms with Crippen LogP contribution in [-0.4, -0.2) is 40.4 Å². The lowest BCUT2D eigenvalue weighted by molar-refractivity contribution is 0.253. The molecule has 0 aromatic carbocycles. The summed E-state index contributed by atoms with van der Waals surface area (Å²) in [5.41, 5.74) is 1.33. The number of rotatable bonds is 6. The largest absolute Gasteiger partial charge is 0.313 e. The summed E-state index contributed by atoms with van der Waals surface area (Å²) in [6.07, 6.45) is 6.81. The fraction of sp³-hybridized carbons (Fsp3) is 0.769. The molecule has 0 amide bonds. The van der Waals surface area contributed by atoms with Crippen LogP contribution in [0.3, 0.4) is 0 Å². The van der Waals surface area contributed by atoms with Gasteiger partial charge in [-0.05, 0) is 32.9 Å². The Balaban J connectivity index is 1.85. The number of aryl methyl sites for hydroxylation is 1. The first kappa shape index (κ1) is 12.6. The van der Waals surface area contributed by atoms with Gasteiger partial charge in [0.25, 0.3) is 0 Å². The maximum Gasteiger partial charge on any atom is 0.0534 e. The van der Waals surface area contributed by atoms with E-state index in [9.17, 15) is 0 Å². The molecule has 4 heteroatoms. The van der Waals surface area contributed by atoms with E-state index in [1.807, 2.05) is 10.9 Å². The molecule has 17 heavy (non-hydrogen) atoms. The van der Waals surface area contributed by atoms with Crippen LogP contribution >= 0.6 is 0 Å². The third-order valence-electron chi connectivity index (χ3n) is 3.51. The third-order valence-corrected chi connectivity index (χ3v) is 3.51. The maximum absolute atomic E-state index is 4.33. The fourth-order valence-corrected chi connectivity index (χ4v) is 2.45. The van der Waals surface area contributed by atoms with Crippen molar-refractivity contribution >= 4 is 0 Å². The SMILES string of the molecule is CCN(Cc1cnn(CC)c1)CC1CCCN1. The van der Waals surface area contributed by atoms with Gasteiger partial charge in [-0.15, -0.1) is 0 Å². The van der Waals surface area contributed by atoms with Crippen molar-refractivity contribution in [3.63, 3.8) is 0 Å². The molecule has 1 fully saturated rings. The Kier molecular flexibility index (Phi) is 4.57. The number of aromatic nitrogens is 2. The average molecular weight is 236 g/mol. The summed E-state index contributed by atoms with van der Waals surface area (Å²) in [6, 6.07) is 0.691. The van der Waals surface area contributed by atoms with E-state index >= 15 is 0 Å². The van der Waals surface area contributed by atoms with Crippen LogP contribution in [-0.2, 0) is 13.1 Å². The van der Waals surface area contributed by atoms with Crippen molar-refractivity contribution in [2.24, 2.45) is 0 Å². The summed E-state index contributed by atoms with van der Waals surface area (Å²) in [4.78, 5) is 2.50. The van der Waals surface area contributed by atoms with Gasteiger partial charge < -0.3 is 5.32 Å². The highest BCUT2D eigenvalue weighted by Crippen LogP contribution is 2.10. The van der Waals surface area contributed by atoms with Crippen molar-refractivity contribution < 1.29 is 0 Å². The number of hydrogen-bond donors (Lipinski definition) is 1. The van der Waals surface area contributed by atoms with E-state index in [0.29, 0.717) is 6.04 Å². The second-order valence-corrected chi connectivity index (χ2v) is 4.83. The lowest BCUT2D eigenvalue weighted by atomic mass is 10.2. The third kappa shape index (κ3) is 3.54. The molecule has 2 heterocycles. The first-order valence-corrected chi connectivity index (χ1v) is 6.79. The first-order valence-electron chi connectivity index (χ1n) is 6.79. The summed E-state index contributed by atoms with van der Waals surface area (Å²) >= 11 is 0. The molecule has 1 atom stereocenters. The van der Waals surface area contributed by atoms with Gasteiger partial charge in [0.05, 0.1) is 6.20 Å². The van der Waals surface area contributed by atoms with Gasteiger partial charge in [0, 0.05) is 37.4 Å². The van der Waals surface area contributed by atoms with Crippen LogP contribution < -0.4 is 5.32 Å². The quantitative estimate of drug-likeness (QED) is 0.812. The molecule has 0 bridgehead atoms. The molecular weight excluding hydrogens is 212 g/mol. The summed E-state index contributed by atoms with van der Waals surface area (Å²) in [7, 11) is 0. The van der Waals surface area contributed by atoms with Crippen molar-refractivity contribution in [2.75, 3.05) is 19.6 Å². The Bertz CT molecular complexity index is 328. The molecule has 4 nitrogen and oxygen atoms in total. The Morgan fingerprint density at radius 1 is 1.53 bits per heavy atom. The number of likely N-dealkylation sites (N-methyl/N-ethyl adjacent to an activating group) is 1. The Morgan fingerprint density at radius 3 is 3.00 bits per heavy atom. The highest BCUT2D eigenvalue weighted by molar-refractivity contribution is 5.03. The topological polar surface area (TPSA) is 33.1 Å². The van der Waals surface area contributed by atoms with Crippen molar-refractivity contribution in [1.82, 2.24) is 20.0 Å². The molecule has 96 valence electrons. The Morgan fingerprint density at radius 2 is 2.41 bits per heavy atom. The van der Waals surface area contributed by atoms with Crippen molar-refractivity contribution in [1.29, 1.82) is 0 Å². The monoisotopic (exact) mass is 236 g/mol. The minimum absolute atomic E-state index is 0.691. The lowest BCUT2D eigenvalue weighted by Crippen LogP contribution is -2.37. The van der Waals surface area contributed by atoms with E-state index in [0.717, 1.165) is 26.2 Å². The second-order valence-electron chi connectivity index (χ2n) is 4.83. The van der Waals surface area contributed by atoms with Crippen molar-refractivity contribution in [2.45, 2.75) is 45.8 Å². The predicted molar refractivity (Wildman–Crippen MR) is 69.9 cm³/mol. The number of nitrogens with one attached hydrogen (secondary N) is 1. The van der Waals surface area contributed by atoms with Gasteiger partial charge in [-0.1, -0.05) is 6.92 Å². The van der Waals surface area contributed by atoms with Gasteiger partial charge in [-0.2, -0.15) is 5.10 Å². The van der Waals surface area contributed by atoms with Crippen LogP contribution in [0.2, 0.25) is 0 Å². The number of hydrogen-bond acceptors (Lipinski definition) is 3. The molecule has 1 saturated heterocycles. The highest BCUT2D eigenvalue weighted by Gasteiger charge is 2.17. The smallest absolute Gasteiger partial charge is 0.0534 e. The van der Waals surface area contributed by atoms with E-state index in [1.165, 1.54) is 24.9 Å². The van der Waals surface area contributed by atoms with Gasteiger partial charge in [0.15, 0.2) is 0 Å². The van der Waals surface area contributed by atoms with E-state index in [2.05, 4.69) is 35.4 Å². The zero-order valence-electron chi connectivity index (χ0n) is 11.0. The van der Waals surface area contributed by atoms with Crippen molar-refractivity contribution in [3.8, 4) is 0 Å². The molecule has 2 rings (SSSR count). The molecule has 0 saturated carbocycles. The molecule has 0 spiro atoms. The first-order chi connectivity index (χ1) is 8.31. The molecule has 1 aliphatic heterocycles. The van der Waals surface area contributed by atoms with Crippen LogP contribution in [0.4, 0.5) is 0 Å². The van der Waals surface area contributed by atoms with Crippen molar-refractivity contribution in [3.05, 3.63) is 18.0 Å². The molecule has 0 aliphatic carbocycles. The standard InChI is InChI=1S/C13H24N4/c1-3-16(11-13-6-5-7-14-13)9-12-8-15-17(4-2)10-12/h8,10,13-14H,3-7,9,11H2,1-2H3. The molecular formula is C13H24N4. The normalized spacial score (nSPS) is 20.3. The second kappa shape index (κ2) is 6.17. The van der Waals surface area contributed by atoms with E-state index in [4.69, 9.17) is 0 Å². The van der Waals surface area contributed by atoms with E-state index in [-0.39, 0.29) is 0 Å². The minimum atomic E-state index is 0.691. The van der Waals surface area contributed by atoms with Gasteiger partial charge >= 0.3 is 0 Å². The van der Waals surface area contributed by atoms with Gasteiger partial charge in [-0.3, -0.25) is 9.58 Å². The van der Waals surface area contributed by atoms with Crippen LogP contribution in [0, 0.1) is 0 Å². The van der Waals surface area contributed by atoms with Crippen LogP contribution in [0.25, 0.3) is 0 Å². The zero-order valence-corrected chi connectivity index (χ0v) is 11.0. The highest BCUT2D eigenvalue weighted by atomic mass is 15.3.